The topological polar surface area (TPSA) is 12.5 Å². The van der Waals surface area contributed by atoms with Crippen molar-refractivity contribution in [1.29, 1.82) is 0 Å². The minimum Gasteiger partial charge on any atom is -0.496 e. The number of benzene rings is 1. The lowest BCUT2D eigenvalue weighted by Crippen LogP contribution is -2.39. The summed E-state index contributed by atoms with van der Waals surface area (Å²) in [5.74, 6) is 2.83. The fourth-order valence-corrected chi connectivity index (χ4v) is 4.18. The van der Waals surface area contributed by atoms with Crippen molar-refractivity contribution in [1.82, 2.24) is 4.90 Å². The quantitative estimate of drug-likeness (QED) is 0.832. The second-order valence-electron chi connectivity index (χ2n) is 6.66. The van der Waals surface area contributed by atoms with E-state index in [9.17, 15) is 4.39 Å². The van der Waals surface area contributed by atoms with E-state index < -0.39 is 0 Å². The van der Waals surface area contributed by atoms with E-state index in [2.05, 4.69) is 18.7 Å². The van der Waals surface area contributed by atoms with E-state index in [0.29, 0.717) is 23.9 Å². The highest BCUT2D eigenvalue weighted by Crippen LogP contribution is 2.45. The second-order valence-corrected chi connectivity index (χ2v) is 6.66. The molecule has 1 aliphatic heterocycles. The van der Waals surface area contributed by atoms with Crippen molar-refractivity contribution in [3.05, 3.63) is 29.6 Å². The van der Waals surface area contributed by atoms with E-state index in [4.69, 9.17) is 4.74 Å². The van der Waals surface area contributed by atoms with Gasteiger partial charge >= 0.3 is 0 Å². The summed E-state index contributed by atoms with van der Waals surface area (Å²) in [6.07, 6.45) is 2.65. The molecule has 1 aromatic rings. The third-order valence-corrected chi connectivity index (χ3v) is 5.15. The molecule has 20 heavy (non-hydrogen) atoms. The average molecular weight is 277 g/mol. The number of rotatable bonds is 4. The molecule has 1 saturated carbocycles. The molecule has 3 rings (SSSR count). The number of hydrogen-bond acceptors (Lipinski definition) is 2. The number of fused-ring (bicyclic) bond motifs is 2. The molecule has 1 heterocycles. The van der Waals surface area contributed by atoms with Crippen molar-refractivity contribution in [2.45, 2.75) is 39.3 Å². The van der Waals surface area contributed by atoms with Crippen molar-refractivity contribution < 1.29 is 9.13 Å². The van der Waals surface area contributed by atoms with Crippen LogP contribution in [-0.4, -0.2) is 24.6 Å². The number of hydrogen-bond donors (Lipinski definition) is 0. The van der Waals surface area contributed by atoms with E-state index in [0.717, 1.165) is 24.3 Å². The predicted octanol–water partition coefficient (Wildman–Crippen LogP) is 3.70. The maximum Gasteiger partial charge on any atom is 0.131 e. The van der Waals surface area contributed by atoms with Gasteiger partial charge in [0.15, 0.2) is 0 Å². The monoisotopic (exact) mass is 277 g/mol. The molecule has 0 radical (unpaired) electrons. The normalized spacial score (nSPS) is 29.4. The van der Waals surface area contributed by atoms with Crippen LogP contribution in [0.2, 0.25) is 0 Å². The molecule has 1 saturated heterocycles. The number of likely N-dealkylation sites (tertiary alicyclic amines) is 1. The number of halogens is 1. The van der Waals surface area contributed by atoms with Crippen LogP contribution in [0, 0.1) is 23.6 Å². The van der Waals surface area contributed by atoms with Gasteiger partial charge in [0.25, 0.3) is 0 Å². The van der Waals surface area contributed by atoms with Crippen LogP contribution >= 0.6 is 0 Å². The lowest BCUT2D eigenvalue weighted by atomic mass is 9.87. The van der Waals surface area contributed by atoms with Crippen LogP contribution in [0.15, 0.2) is 18.2 Å². The van der Waals surface area contributed by atoms with E-state index in [1.54, 1.807) is 13.2 Å². The van der Waals surface area contributed by atoms with Crippen molar-refractivity contribution in [2.75, 3.05) is 13.7 Å². The highest BCUT2D eigenvalue weighted by Gasteiger charge is 2.45. The van der Waals surface area contributed by atoms with Gasteiger partial charge in [0, 0.05) is 24.7 Å². The van der Waals surface area contributed by atoms with Crippen LogP contribution in [0.5, 0.6) is 5.75 Å². The molecule has 3 atom stereocenters. The molecule has 110 valence electrons. The Morgan fingerprint density at radius 2 is 2.15 bits per heavy atom. The molecule has 2 fully saturated rings. The number of methoxy groups -OCH3 is 1. The largest absolute Gasteiger partial charge is 0.496 e. The van der Waals surface area contributed by atoms with Crippen LogP contribution in [0.4, 0.5) is 4.39 Å². The molecule has 1 aliphatic carbocycles. The summed E-state index contributed by atoms with van der Waals surface area (Å²) in [6.45, 7) is 6.42. The van der Waals surface area contributed by atoms with Crippen molar-refractivity contribution in [3.63, 3.8) is 0 Å². The van der Waals surface area contributed by atoms with Crippen molar-refractivity contribution in [2.24, 2.45) is 17.8 Å². The van der Waals surface area contributed by atoms with E-state index in [1.165, 1.54) is 18.9 Å². The minimum absolute atomic E-state index is 0.145. The van der Waals surface area contributed by atoms with Gasteiger partial charge in [-0.05, 0) is 42.7 Å². The molecule has 0 N–H and O–H groups in total. The van der Waals surface area contributed by atoms with Crippen LogP contribution in [0.25, 0.3) is 0 Å². The first kappa shape index (κ1) is 13.9. The summed E-state index contributed by atoms with van der Waals surface area (Å²) in [6, 6.07) is 5.73. The SMILES string of the molecule is COc1cccc(F)c1CN1CC2CC(C(C)C)C1C2. The standard InChI is InChI=1S/C17H24FNO/c1-11(2)13-7-12-8-16(13)19(9-12)10-14-15(18)5-4-6-17(14)20-3/h4-6,11-13,16H,7-10H2,1-3H3. The molecule has 2 aliphatic rings. The lowest BCUT2D eigenvalue weighted by Gasteiger charge is -2.35. The van der Waals surface area contributed by atoms with Gasteiger partial charge in [-0.15, -0.1) is 0 Å². The van der Waals surface area contributed by atoms with Crippen LogP contribution in [0.1, 0.15) is 32.3 Å². The Bertz CT molecular complexity index is 488. The Morgan fingerprint density at radius 1 is 1.35 bits per heavy atom. The van der Waals surface area contributed by atoms with Gasteiger partial charge < -0.3 is 4.74 Å². The zero-order valence-electron chi connectivity index (χ0n) is 12.6. The highest BCUT2D eigenvalue weighted by atomic mass is 19.1. The van der Waals surface area contributed by atoms with Crippen LogP contribution in [-0.2, 0) is 6.54 Å². The summed E-state index contributed by atoms with van der Waals surface area (Å²) in [4.78, 5) is 2.47. The van der Waals surface area contributed by atoms with Gasteiger partial charge in [0.2, 0.25) is 0 Å². The molecule has 1 aromatic carbocycles. The Balaban J connectivity index is 1.79. The fourth-order valence-electron chi connectivity index (χ4n) is 4.18. The molecule has 0 aromatic heterocycles. The third-order valence-electron chi connectivity index (χ3n) is 5.15. The average Bonchev–Trinajstić information content (AvgIpc) is 3.00. The molecule has 0 amide bonds. The maximum atomic E-state index is 14.1. The molecule has 2 bridgehead atoms. The summed E-state index contributed by atoms with van der Waals surface area (Å²) >= 11 is 0. The molecular formula is C17H24FNO. The maximum absolute atomic E-state index is 14.1. The first-order valence-corrected chi connectivity index (χ1v) is 7.65. The second kappa shape index (κ2) is 5.36. The Kier molecular flexibility index (Phi) is 3.72. The van der Waals surface area contributed by atoms with Crippen molar-refractivity contribution in [3.8, 4) is 5.75 Å². The zero-order chi connectivity index (χ0) is 14.3. The van der Waals surface area contributed by atoms with Crippen molar-refractivity contribution >= 4 is 0 Å². The Hall–Kier alpha value is -1.09. The van der Waals surface area contributed by atoms with Gasteiger partial charge in [0.1, 0.15) is 11.6 Å². The van der Waals surface area contributed by atoms with E-state index in [-0.39, 0.29) is 5.82 Å². The molecule has 3 heteroatoms. The predicted molar refractivity (Wildman–Crippen MR) is 78.2 cm³/mol. The fraction of sp³-hybridized carbons (Fsp3) is 0.647. The Labute approximate surface area is 120 Å². The molecule has 0 spiro atoms. The molecule has 2 nitrogen and oxygen atoms in total. The van der Waals surface area contributed by atoms with Gasteiger partial charge in [-0.2, -0.15) is 0 Å². The van der Waals surface area contributed by atoms with Gasteiger partial charge in [0.05, 0.1) is 7.11 Å². The summed E-state index contributed by atoms with van der Waals surface area (Å²) in [7, 11) is 1.62. The molecule has 3 unspecified atom stereocenters. The van der Waals surface area contributed by atoms with Gasteiger partial charge in [-0.1, -0.05) is 19.9 Å². The third kappa shape index (κ3) is 2.32. The van der Waals surface area contributed by atoms with Gasteiger partial charge in [-0.3, -0.25) is 4.90 Å². The van der Waals surface area contributed by atoms with Crippen LogP contribution < -0.4 is 4.74 Å². The smallest absolute Gasteiger partial charge is 0.131 e. The minimum atomic E-state index is -0.145. The summed E-state index contributed by atoms with van der Waals surface area (Å²) in [5, 5.41) is 0. The Morgan fingerprint density at radius 3 is 2.80 bits per heavy atom. The highest BCUT2D eigenvalue weighted by molar-refractivity contribution is 5.34. The first-order valence-electron chi connectivity index (χ1n) is 7.65. The number of nitrogens with zero attached hydrogens (tertiary/aromatic N) is 1. The van der Waals surface area contributed by atoms with Gasteiger partial charge in [-0.25, -0.2) is 4.39 Å². The lowest BCUT2D eigenvalue weighted by molar-refractivity contribution is 0.120. The first-order chi connectivity index (χ1) is 9.60. The van der Waals surface area contributed by atoms with E-state index >= 15 is 0 Å². The number of ether oxygens (including phenoxy) is 1. The zero-order valence-corrected chi connectivity index (χ0v) is 12.6. The van der Waals surface area contributed by atoms with Crippen LogP contribution in [0.3, 0.4) is 0 Å². The summed E-state index contributed by atoms with van der Waals surface area (Å²) in [5.41, 5.74) is 0.713. The van der Waals surface area contributed by atoms with E-state index in [1.807, 2.05) is 6.07 Å². The molecular weight excluding hydrogens is 253 g/mol. The number of piperidine rings is 1. The summed E-state index contributed by atoms with van der Waals surface area (Å²) < 4.78 is 19.4.